The molecule has 0 saturated heterocycles. The highest BCUT2D eigenvalue weighted by Gasteiger charge is 2.33. The van der Waals surface area contributed by atoms with Gasteiger partial charge in [0.05, 0.1) is 0 Å². The minimum Gasteiger partial charge on any atom is -0.480 e. The minimum absolute atomic E-state index is 0.582. The molecule has 0 bridgehead atoms. The average Bonchev–Trinajstić information content (AvgIpc) is 3.00. The lowest BCUT2D eigenvalue weighted by Gasteiger charge is -2.22. The summed E-state index contributed by atoms with van der Waals surface area (Å²) in [4.78, 5) is 13.0. The molecule has 2 aliphatic rings. The molecule has 0 radical (unpaired) electrons. The first-order chi connectivity index (χ1) is 7.16. The summed E-state index contributed by atoms with van der Waals surface area (Å²) >= 11 is 0. The van der Waals surface area contributed by atoms with Crippen molar-refractivity contribution in [2.24, 2.45) is 11.7 Å². The summed E-state index contributed by atoms with van der Waals surface area (Å²) in [5, 5.41) is 8.70. The van der Waals surface area contributed by atoms with Crippen LogP contribution in [-0.2, 0) is 4.79 Å². The van der Waals surface area contributed by atoms with Gasteiger partial charge in [0.15, 0.2) is 0 Å². The zero-order valence-electron chi connectivity index (χ0n) is 9.06. The smallest absolute Gasteiger partial charge is 0.320 e. The second-order valence-corrected chi connectivity index (χ2v) is 4.90. The lowest BCUT2D eigenvalue weighted by Crippen LogP contribution is -2.37. The van der Waals surface area contributed by atoms with Crippen molar-refractivity contribution in [1.82, 2.24) is 4.90 Å². The van der Waals surface area contributed by atoms with Crippen LogP contribution in [0.2, 0.25) is 0 Å². The summed E-state index contributed by atoms with van der Waals surface area (Å²) in [6.07, 6.45) is 5.87. The molecule has 0 heterocycles. The third-order valence-electron chi connectivity index (χ3n) is 3.30. The Labute approximate surface area is 90.4 Å². The molecule has 2 aliphatic carbocycles. The second-order valence-electron chi connectivity index (χ2n) is 4.90. The Morgan fingerprint density at radius 1 is 1.40 bits per heavy atom. The molecule has 15 heavy (non-hydrogen) atoms. The van der Waals surface area contributed by atoms with Gasteiger partial charge in [0, 0.05) is 19.1 Å². The Bertz CT molecular complexity index is 237. The van der Waals surface area contributed by atoms with E-state index in [1.165, 1.54) is 25.7 Å². The molecule has 0 aromatic rings. The van der Waals surface area contributed by atoms with Crippen LogP contribution in [-0.4, -0.2) is 41.1 Å². The predicted octanol–water partition coefficient (Wildman–Crippen LogP) is 0.663. The summed E-state index contributed by atoms with van der Waals surface area (Å²) in [5.74, 6) is 0.00354. The van der Waals surface area contributed by atoms with E-state index in [1.807, 2.05) is 0 Å². The van der Waals surface area contributed by atoms with Crippen LogP contribution in [0.25, 0.3) is 0 Å². The van der Waals surface area contributed by atoms with E-state index in [0.717, 1.165) is 25.0 Å². The lowest BCUT2D eigenvalue weighted by molar-refractivity contribution is -0.138. The number of aliphatic carboxylic acids is 1. The fourth-order valence-electron chi connectivity index (χ4n) is 1.92. The molecule has 1 atom stereocenters. The number of nitrogens with zero attached hydrogens (tertiary/aromatic N) is 1. The quantitative estimate of drug-likeness (QED) is 0.650. The fourth-order valence-corrected chi connectivity index (χ4v) is 1.92. The molecule has 2 rings (SSSR count). The van der Waals surface area contributed by atoms with Crippen LogP contribution >= 0.6 is 0 Å². The fraction of sp³-hybridized carbons (Fsp3) is 0.909. The number of hydrogen-bond acceptors (Lipinski definition) is 3. The average molecular weight is 212 g/mol. The highest BCUT2D eigenvalue weighted by molar-refractivity contribution is 5.72. The molecule has 4 nitrogen and oxygen atoms in total. The predicted molar refractivity (Wildman–Crippen MR) is 57.5 cm³/mol. The third kappa shape index (κ3) is 3.47. The summed E-state index contributed by atoms with van der Waals surface area (Å²) < 4.78 is 0. The second kappa shape index (κ2) is 4.49. The van der Waals surface area contributed by atoms with Crippen molar-refractivity contribution in [1.29, 1.82) is 0 Å². The van der Waals surface area contributed by atoms with E-state index in [-0.39, 0.29) is 0 Å². The van der Waals surface area contributed by atoms with Gasteiger partial charge in [0.1, 0.15) is 6.04 Å². The number of hydrogen-bond donors (Lipinski definition) is 2. The number of carboxylic acid groups (broad SMARTS) is 1. The molecule has 2 saturated carbocycles. The van der Waals surface area contributed by atoms with Gasteiger partial charge >= 0.3 is 5.97 Å². The molecule has 0 spiro atoms. The first-order valence-electron chi connectivity index (χ1n) is 5.89. The largest absolute Gasteiger partial charge is 0.480 e. The third-order valence-corrected chi connectivity index (χ3v) is 3.30. The minimum atomic E-state index is -0.878. The van der Waals surface area contributed by atoms with Gasteiger partial charge in [-0.1, -0.05) is 0 Å². The van der Waals surface area contributed by atoms with Crippen molar-refractivity contribution in [2.75, 3.05) is 13.1 Å². The molecule has 0 aliphatic heterocycles. The Hall–Kier alpha value is -0.610. The number of carboxylic acids is 1. The summed E-state index contributed by atoms with van der Waals surface area (Å²) in [6.45, 7) is 2.02. The number of carbonyl (C=O) groups is 1. The van der Waals surface area contributed by atoms with Crippen molar-refractivity contribution in [3.05, 3.63) is 0 Å². The van der Waals surface area contributed by atoms with Gasteiger partial charge in [-0.15, -0.1) is 0 Å². The van der Waals surface area contributed by atoms with Crippen molar-refractivity contribution >= 4 is 5.97 Å². The molecule has 1 unspecified atom stereocenters. The van der Waals surface area contributed by atoms with Crippen LogP contribution < -0.4 is 5.73 Å². The normalized spacial score (nSPS) is 23.1. The van der Waals surface area contributed by atoms with Crippen molar-refractivity contribution in [3.63, 3.8) is 0 Å². The molecule has 0 aromatic carbocycles. The van der Waals surface area contributed by atoms with Crippen LogP contribution in [0.5, 0.6) is 0 Å². The number of nitrogens with two attached hydrogens (primary N) is 1. The van der Waals surface area contributed by atoms with E-state index >= 15 is 0 Å². The van der Waals surface area contributed by atoms with Gasteiger partial charge in [-0.3, -0.25) is 4.79 Å². The lowest BCUT2D eigenvalue weighted by atomic mass is 10.2. The van der Waals surface area contributed by atoms with Gasteiger partial charge in [-0.05, 0) is 38.0 Å². The molecule has 3 N–H and O–H groups in total. The van der Waals surface area contributed by atoms with E-state index in [0.29, 0.717) is 6.42 Å². The Kier molecular flexibility index (Phi) is 3.26. The summed E-state index contributed by atoms with van der Waals surface area (Å²) in [6, 6.07) is 0.0389. The summed E-state index contributed by atoms with van der Waals surface area (Å²) in [7, 11) is 0. The van der Waals surface area contributed by atoms with Crippen molar-refractivity contribution in [2.45, 2.75) is 44.2 Å². The molecule has 0 amide bonds. The molecular weight excluding hydrogens is 192 g/mol. The van der Waals surface area contributed by atoms with Crippen LogP contribution in [0.1, 0.15) is 32.1 Å². The maximum absolute atomic E-state index is 10.6. The van der Waals surface area contributed by atoms with E-state index in [2.05, 4.69) is 4.90 Å². The zero-order chi connectivity index (χ0) is 10.8. The Morgan fingerprint density at radius 2 is 2.07 bits per heavy atom. The van der Waals surface area contributed by atoms with E-state index in [4.69, 9.17) is 10.8 Å². The molecular formula is C11H20N2O2. The standard InChI is InChI=1S/C11H20N2O2/c12-10(11(14)15)5-6-13(9-3-4-9)7-8-1-2-8/h8-10H,1-7,12H2,(H,14,15). The first-order valence-corrected chi connectivity index (χ1v) is 5.89. The van der Waals surface area contributed by atoms with Gasteiger partial charge < -0.3 is 15.7 Å². The van der Waals surface area contributed by atoms with E-state index in [9.17, 15) is 4.79 Å². The summed E-state index contributed by atoms with van der Waals surface area (Å²) in [5.41, 5.74) is 5.51. The monoisotopic (exact) mass is 212 g/mol. The van der Waals surface area contributed by atoms with Crippen LogP contribution in [0.3, 0.4) is 0 Å². The Balaban J connectivity index is 1.70. The highest BCUT2D eigenvalue weighted by Crippen LogP contribution is 2.34. The SMILES string of the molecule is NC(CCN(CC1CC1)C1CC1)C(=O)O. The van der Waals surface area contributed by atoms with E-state index in [1.54, 1.807) is 0 Å². The van der Waals surface area contributed by atoms with Gasteiger partial charge in [0.2, 0.25) is 0 Å². The maximum atomic E-state index is 10.6. The molecule has 2 fully saturated rings. The van der Waals surface area contributed by atoms with Crippen LogP contribution in [0, 0.1) is 5.92 Å². The van der Waals surface area contributed by atoms with Crippen molar-refractivity contribution in [3.8, 4) is 0 Å². The van der Waals surface area contributed by atoms with Crippen molar-refractivity contribution < 1.29 is 9.90 Å². The van der Waals surface area contributed by atoms with Gasteiger partial charge in [-0.2, -0.15) is 0 Å². The Morgan fingerprint density at radius 3 is 2.53 bits per heavy atom. The maximum Gasteiger partial charge on any atom is 0.320 e. The highest BCUT2D eigenvalue weighted by atomic mass is 16.4. The molecule has 0 aromatic heterocycles. The van der Waals surface area contributed by atoms with E-state index < -0.39 is 12.0 Å². The van der Waals surface area contributed by atoms with Gasteiger partial charge in [0.25, 0.3) is 0 Å². The number of rotatable bonds is 7. The molecule has 86 valence electrons. The van der Waals surface area contributed by atoms with Crippen LogP contribution in [0.15, 0.2) is 0 Å². The van der Waals surface area contributed by atoms with Crippen LogP contribution in [0.4, 0.5) is 0 Å². The first kappa shape index (κ1) is 10.9. The topological polar surface area (TPSA) is 66.6 Å². The molecule has 4 heteroatoms. The van der Waals surface area contributed by atoms with Gasteiger partial charge in [-0.25, -0.2) is 0 Å². The zero-order valence-corrected chi connectivity index (χ0v) is 9.06.